The van der Waals surface area contributed by atoms with E-state index in [-0.39, 0.29) is 16.0 Å². The summed E-state index contributed by atoms with van der Waals surface area (Å²) in [5, 5.41) is 9.33. The third-order valence-electron chi connectivity index (χ3n) is 3.04. The Labute approximate surface area is 145 Å². The molecule has 0 bridgehead atoms. The highest BCUT2D eigenvalue weighted by molar-refractivity contribution is 7.91. The molecule has 0 fully saturated rings. The normalized spacial score (nSPS) is 11.1. The SMILES string of the molecule is O=C(Cl)c1cccc(S(=O)(=O)c2ccc(C(=O)Cl)cc2[N+](=O)[O-])c1. The first kappa shape index (κ1) is 18.1. The summed E-state index contributed by atoms with van der Waals surface area (Å²) in [6.07, 6.45) is 0. The maximum absolute atomic E-state index is 12.6. The van der Waals surface area contributed by atoms with Gasteiger partial charge in [-0.1, -0.05) is 12.1 Å². The number of carbonyl (C=O) groups excluding carboxylic acids is 2. The van der Waals surface area contributed by atoms with Crippen LogP contribution in [0.25, 0.3) is 0 Å². The van der Waals surface area contributed by atoms with Gasteiger partial charge >= 0.3 is 0 Å². The van der Waals surface area contributed by atoms with Crippen LogP contribution < -0.4 is 0 Å². The molecule has 0 aliphatic carbocycles. The van der Waals surface area contributed by atoms with Gasteiger partial charge in [0.25, 0.3) is 16.2 Å². The number of nitrogens with zero attached hydrogens (tertiary/aromatic N) is 1. The topological polar surface area (TPSA) is 111 Å². The molecule has 0 amide bonds. The molecular weight excluding hydrogens is 381 g/mol. The Morgan fingerprint density at radius 1 is 0.958 bits per heavy atom. The second-order valence-electron chi connectivity index (χ2n) is 4.52. The lowest BCUT2D eigenvalue weighted by atomic mass is 10.2. The van der Waals surface area contributed by atoms with Crippen molar-refractivity contribution in [3.05, 3.63) is 63.7 Å². The van der Waals surface area contributed by atoms with Crippen LogP contribution in [0.2, 0.25) is 0 Å². The number of hydrogen-bond donors (Lipinski definition) is 0. The molecule has 0 spiro atoms. The van der Waals surface area contributed by atoms with Crippen molar-refractivity contribution in [3.8, 4) is 0 Å². The number of benzene rings is 2. The molecule has 0 atom stereocenters. The summed E-state index contributed by atoms with van der Waals surface area (Å²) in [5.41, 5.74) is -1.09. The molecular formula is C14H7Cl2NO6S. The first-order valence-corrected chi connectivity index (χ1v) is 8.42. The fraction of sp³-hybridized carbons (Fsp3) is 0. The van der Waals surface area contributed by atoms with Crippen LogP contribution in [0.4, 0.5) is 5.69 Å². The van der Waals surface area contributed by atoms with Gasteiger partial charge in [0.15, 0.2) is 0 Å². The molecule has 0 aliphatic heterocycles. The minimum absolute atomic E-state index is 0.0760. The van der Waals surface area contributed by atoms with Crippen LogP contribution in [-0.2, 0) is 9.84 Å². The molecule has 2 rings (SSSR count). The van der Waals surface area contributed by atoms with Crippen molar-refractivity contribution >= 4 is 49.2 Å². The number of carbonyl (C=O) groups is 2. The van der Waals surface area contributed by atoms with Crippen LogP contribution >= 0.6 is 23.2 Å². The summed E-state index contributed by atoms with van der Waals surface area (Å²) in [4.78, 5) is 31.5. The molecule has 0 saturated heterocycles. The molecule has 0 N–H and O–H groups in total. The lowest BCUT2D eigenvalue weighted by Gasteiger charge is -2.07. The van der Waals surface area contributed by atoms with Crippen molar-refractivity contribution in [1.29, 1.82) is 0 Å². The van der Waals surface area contributed by atoms with Crippen molar-refractivity contribution in [2.24, 2.45) is 0 Å². The largest absolute Gasteiger partial charge is 0.289 e. The number of hydrogen-bond acceptors (Lipinski definition) is 6. The maximum atomic E-state index is 12.6. The van der Waals surface area contributed by atoms with E-state index in [4.69, 9.17) is 23.2 Å². The molecule has 24 heavy (non-hydrogen) atoms. The van der Waals surface area contributed by atoms with Gasteiger partial charge < -0.3 is 0 Å². The summed E-state index contributed by atoms with van der Waals surface area (Å²) in [6, 6.07) is 7.52. The summed E-state index contributed by atoms with van der Waals surface area (Å²) < 4.78 is 25.3. The predicted molar refractivity (Wildman–Crippen MR) is 85.4 cm³/mol. The third-order valence-corrected chi connectivity index (χ3v) is 5.28. The van der Waals surface area contributed by atoms with Crippen LogP contribution in [0.3, 0.4) is 0 Å². The monoisotopic (exact) mass is 387 g/mol. The molecule has 124 valence electrons. The number of sulfone groups is 1. The van der Waals surface area contributed by atoms with Crippen LogP contribution in [0.1, 0.15) is 20.7 Å². The quantitative estimate of drug-likeness (QED) is 0.442. The van der Waals surface area contributed by atoms with E-state index in [2.05, 4.69) is 0 Å². The van der Waals surface area contributed by atoms with Crippen molar-refractivity contribution in [2.75, 3.05) is 0 Å². The fourth-order valence-electron chi connectivity index (χ4n) is 1.92. The Bertz CT molecular complexity index is 971. The van der Waals surface area contributed by atoms with Gasteiger partial charge in [0.1, 0.15) is 4.90 Å². The number of nitro benzene ring substituents is 1. The smallest absolute Gasteiger partial charge is 0.276 e. The summed E-state index contributed by atoms with van der Waals surface area (Å²) in [7, 11) is -4.32. The average molecular weight is 388 g/mol. The van der Waals surface area contributed by atoms with Crippen molar-refractivity contribution in [2.45, 2.75) is 9.79 Å². The first-order chi connectivity index (χ1) is 11.1. The van der Waals surface area contributed by atoms with Gasteiger partial charge in [-0.25, -0.2) is 8.42 Å². The lowest BCUT2D eigenvalue weighted by Crippen LogP contribution is -2.07. The van der Waals surface area contributed by atoms with Gasteiger partial charge in [0.05, 0.1) is 9.82 Å². The highest BCUT2D eigenvalue weighted by Gasteiger charge is 2.29. The predicted octanol–water partition coefficient (Wildman–Crippen LogP) is 3.19. The first-order valence-electron chi connectivity index (χ1n) is 6.18. The van der Waals surface area contributed by atoms with E-state index < -0.39 is 35.8 Å². The van der Waals surface area contributed by atoms with Crippen LogP contribution in [-0.4, -0.2) is 23.8 Å². The van der Waals surface area contributed by atoms with Gasteiger partial charge in [-0.15, -0.1) is 0 Å². The van der Waals surface area contributed by atoms with E-state index in [1.807, 2.05) is 0 Å². The van der Waals surface area contributed by atoms with E-state index in [1.165, 1.54) is 18.2 Å². The number of rotatable bonds is 5. The van der Waals surface area contributed by atoms with Crippen molar-refractivity contribution in [3.63, 3.8) is 0 Å². The third kappa shape index (κ3) is 3.45. The second-order valence-corrected chi connectivity index (χ2v) is 7.12. The number of halogens is 2. The van der Waals surface area contributed by atoms with E-state index in [1.54, 1.807) is 0 Å². The number of nitro groups is 1. The Hall–Kier alpha value is -2.29. The summed E-state index contributed by atoms with van der Waals surface area (Å²) in [6.45, 7) is 0. The molecule has 10 heteroatoms. The highest BCUT2D eigenvalue weighted by Crippen LogP contribution is 2.31. The average Bonchev–Trinajstić information content (AvgIpc) is 2.54. The standard InChI is InChI=1S/C14H7Cl2NO6S/c15-13(18)8-2-1-3-10(6-8)24(22,23)12-5-4-9(14(16)19)7-11(12)17(20)21/h1-7H. The Morgan fingerprint density at radius 3 is 2.08 bits per heavy atom. The molecule has 2 aromatic rings. The summed E-state index contributed by atoms with van der Waals surface area (Å²) >= 11 is 10.6. The molecule has 7 nitrogen and oxygen atoms in total. The molecule has 0 heterocycles. The minimum Gasteiger partial charge on any atom is -0.276 e. The van der Waals surface area contributed by atoms with Crippen molar-refractivity contribution < 1.29 is 22.9 Å². The van der Waals surface area contributed by atoms with Gasteiger partial charge in [-0.3, -0.25) is 19.7 Å². The highest BCUT2D eigenvalue weighted by atomic mass is 35.5. The van der Waals surface area contributed by atoms with Gasteiger partial charge in [0, 0.05) is 17.2 Å². The van der Waals surface area contributed by atoms with Crippen LogP contribution in [0, 0.1) is 10.1 Å². The molecule has 0 aromatic heterocycles. The minimum atomic E-state index is -4.32. The molecule has 0 radical (unpaired) electrons. The maximum Gasteiger partial charge on any atom is 0.289 e. The van der Waals surface area contributed by atoms with E-state index in [0.29, 0.717) is 0 Å². The lowest BCUT2D eigenvalue weighted by molar-refractivity contribution is -0.387. The van der Waals surface area contributed by atoms with E-state index in [9.17, 15) is 28.1 Å². The zero-order valence-electron chi connectivity index (χ0n) is 11.6. The Balaban J connectivity index is 2.70. The van der Waals surface area contributed by atoms with Crippen molar-refractivity contribution in [1.82, 2.24) is 0 Å². The summed E-state index contributed by atoms with van der Waals surface area (Å²) in [5.74, 6) is 0. The van der Waals surface area contributed by atoms with Gasteiger partial charge in [0.2, 0.25) is 9.84 Å². The van der Waals surface area contributed by atoms with Gasteiger partial charge in [-0.2, -0.15) is 0 Å². The van der Waals surface area contributed by atoms with Crippen LogP contribution in [0.15, 0.2) is 52.3 Å². The zero-order valence-corrected chi connectivity index (χ0v) is 13.9. The molecule has 0 aliphatic rings. The van der Waals surface area contributed by atoms with Crippen LogP contribution in [0.5, 0.6) is 0 Å². The second kappa shape index (κ2) is 6.68. The van der Waals surface area contributed by atoms with Gasteiger partial charge in [-0.05, 0) is 47.5 Å². The molecule has 2 aromatic carbocycles. The van der Waals surface area contributed by atoms with E-state index >= 15 is 0 Å². The molecule has 0 saturated carbocycles. The Morgan fingerprint density at radius 2 is 1.54 bits per heavy atom. The fourth-order valence-corrected chi connectivity index (χ4v) is 3.61. The zero-order chi connectivity index (χ0) is 18.1. The molecule has 0 unspecified atom stereocenters. The Kier molecular flexibility index (Phi) is 5.02. The van der Waals surface area contributed by atoms with E-state index in [0.717, 1.165) is 24.3 Å².